The highest BCUT2D eigenvalue weighted by atomic mass is 19.1. The summed E-state index contributed by atoms with van der Waals surface area (Å²) in [5.41, 5.74) is 6.49. The van der Waals surface area contributed by atoms with Crippen LogP contribution in [0, 0.1) is 5.53 Å². The second kappa shape index (κ2) is 4.66. The van der Waals surface area contributed by atoms with Crippen LogP contribution in [0.2, 0.25) is 0 Å². The van der Waals surface area contributed by atoms with Gasteiger partial charge in [0.05, 0.1) is 6.04 Å². The molecule has 0 aromatic rings. The largest absolute Gasteiger partial charge is 0.465 e. The first-order chi connectivity index (χ1) is 6.63. The number of nitrogens with zero attached hydrogens (tertiary/aromatic N) is 2. The lowest BCUT2D eigenvalue weighted by atomic mass is 9.90. The minimum atomic E-state index is -1.24. The molecule has 1 aliphatic rings. The summed E-state index contributed by atoms with van der Waals surface area (Å²) in [6.07, 6.45) is -1.35. The molecule has 0 unspecified atom stereocenters. The highest BCUT2D eigenvalue weighted by Gasteiger charge is 2.33. The van der Waals surface area contributed by atoms with Gasteiger partial charge in [0.1, 0.15) is 22.9 Å². The number of carbonyl (C=O) groups is 1. The molecule has 6 nitrogen and oxygen atoms in total. The highest BCUT2D eigenvalue weighted by molar-refractivity contribution is 5.64. The number of carboxylic acid groups (broad SMARTS) is 1. The Kier molecular flexibility index (Phi) is 3.53. The van der Waals surface area contributed by atoms with Gasteiger partial charge in [0.25, 0.3) is 0 Å². The number of alkyl halides is 1. The van der Waals surface area contributed by atoms with Gasteiger partial charge in [-0.3, -0.25) is 0 Å². The van der Waals surface area contributed by atoms with E-state index in [1.165, 1.54) is 0 Å². The van der Waals surface area contributed by atoms with E-state index in [1.54, 1.807) is 0 Å². The Labute approximate surface area is 79.7 Å². The van der Waals surface area contributed by atoms with Crippen LogP contribution in [0.5, 0.6) is 0 Å². The van der Waals surface area contributed by atoms with Crippen molar-refractivity contribution in [1.82, 2.24) is 10.2 Å². The van der Waals surface area contributed by atoms with E-state index in [9.17, 15) is 9.18 Å². The van der Waals surface area contributed by atoms with E-state index < -0.39 is 18.3 Å². The molecule has 0 heterocycles. The normalized spacial score (nSPS) is 31.6. The smallest absolute Gasteiger partial charge is 0.404 e. The van der Waals surface area contributed by atoms with Crippen LogP contribution in [0.25, 0.3) is 0 Å². The monoisotopic (exact) mass is 203 g/mol. The summed E-state index contributed by atoms with van der Waals surface area (Å²) in [7, 11) is 0. The summed E-state index contributed by atoms with van der Waals surface area (Å²) in [5.74, 6) is 0. The molecule has 0 aromatic heterocycles. The molecule has 0 aliphatic heterocycles. The molecular formula is C7H12FN4O2+. The predicted octanol–water partition coefficient (Wildman–Crippen LogP) is 1.06. The first-order valence-corrected chi connectivity index (χ1v) is 4.33. The third-order valence-corrected chi connectivity index (χ3v) is 2.27. The molecule has 3 atom stereocenters. The summed E-state index contributed by atoms with van der Waals surface area (Å²) in [6, 6.07) is -0.931. The van der Waals surface area contributed by atoms with Crippen LogP contribution in [-0.4, -0.2) is 29.5 Å². The van der Waals surface area contributed by atoms with E-state index in [2.05, 4.69) is 15.3 Å². The van der Waals surface area contributed by atoms with Gasteiger partial charge in [-0.1, -0.05) is 0 Å². The van der Waals surface area contributed by atoms with Crippen molar-refractivity contribution in [2.24, 2.45) is 5.11 Å². The standard InChI is InChI=1S/C7H11FN4O2/c8-5-3-4(11-12-9)1-2-6(5)10-7(13)14/h4-6,9-10H,1-3H2/p+1/t4-,5-,6-/m0/s1. The molecule has 0 aromatic carbocycles. The number of hydrogen-bond donors (Lipinski definition) is 3. The fraction of sp³-hybridized carbons (Fsp3) is 0.857. The van der Waals surface area contributed by atoms with Gasteiger partial charge in [0, 0.05) is 6.42 Å². The summed E-state index contributed by atoms with van der Waals surface area (Å²) in [4.78, 5) is 13.1. The van der Waals surface area contributed by atoms with Crippen molar-refractivity contribution in [2.45, 2.75) is 37.5 Å². The lowest BCUT2D eigenvalue weighted by Gasteiger charge is -2.26. The van der Waals surface area contributed by atoms with Crippen molar-refractivity contribution >= 4 is 6.09 Å². The van der Waals surface area contributed by atoms with Crippen molar-refractivity contribution in [1.29, 1.82) is 5.53 Å². The molecule has 1 amide bonds. The quantitative estimate of drug-likeness (QED) is 0.461. The molecule has 1 saturated carbocycles. The summed E-state index contributed by atoms with van der Waals surface area (Å²) < 4.78 is 13.3. The lowest BCUT2D eigenvalue weighted by Crippen LogP contribution is -2.45. The predicted molar refractivity (Wildman–Crippen MR) is 44.8 cm³/mol. The second-order valence-corrected chi connectivity index (χ2v) is 3.25. The molecule has 1 fully saturated rings. The molecule has 0 bridgehead atoms. The minimum Gasteiger partial charge on any atom is -0.465 e. The average molecular weight is 203 g/mol. The average Bonchev–Trinajstić information content (AvgIpc) is 2.10. The zero-order chi connectivity index (χ0) is 10.6. The van der Waals surface area contributed by atoms with Gasteiger partial charge >= 0.3 is 6.09 Å². The van der Waals surface area contributed by atoms with Gasteiger partial charge in [-0.05, 0) is 12.8 Å². The van der Waals surface area contributed by atoms with Gasteiger partial charge in [-0.25, -0.2) is 9.18 Å². The fourth-order valence-electron chi connectivity index (χ4n) is 1.60. The van der Waals surface area contributed by atoms with E-state index in [-0.39, 0.29) is 12.5 Å². The molecule has 0 saturated heterocycles. The third-order valence-electron chi connectivity index (χ3n) is 2.27. The molecule has 7 heteroatoms. The zero-order valence-corrected chi connectivity index (χ0v) is 7.48. The van der Waals surface area contributed by atoms with E-state index in [0.717, 1.165) is 0 Å². The van der Waals surface area contributed by atoms with Crippen LogP contribution in [0.3, 0.4) is 0 Å². The zero-order valence-electron chi connectivity index (χ0n) is 7.48. The molecular weight excluding hydrogens is 191 g/mol. The maximum Gasteiger partial charge on any atom is 0.404 e. The Morgan fingerprint density at radius 2 is 2.36 bits per heavy atom. The van der Waals surface area contributed by atoms with Gasteiger partial charge in [-0.2, -0.15) is 0 Å². The van der Waals surface area contributed by atoms with E-state index in [4.69, 9.17) is 10.6 Å². The van der Waals surface area contributed by atoms with Crippen molar-refractivity contribution in [3.05, 3.63) is 0 Å². The van der Waals surface area contributed by atoms with Crippen LogP contribution in [0.1, 0.15) is 19.3 Å². The first-order valence-electron chi connectivity index (χ1n) is 4.33. The van der Waals surface area contributed by atoms with Crippen molar-refractivity contribution in [3.8, 4) is 0 Å². The van der Waals surface area contributed by atoms with Gasteiger partial charge in [0.15, 0.2) is 0 Å². The molecule has 0 radical (unpaired) electrons. The second-order valence-electron chi connectivity index (χ2n) is 3.25. The van der Waals surface area contributed by atoms with E-state index in [1.807, 2.05) is 0 Å². The maximum absolute atomic E-state index is 13.3. The number of hydrogen-bond acceptors (Lipinski definition) is 3. The van der Waals surface area contributed by atoms with Crippen LogP contribution < -0.4 is 10.2 Å². The van der Waals surface area contributed by atoms with Gasteiger partial charge in [-0.15, -0.1) is 0 Å². The van der Waals surface area contributed by atoms with E-state index >= 15 is 0 Å². The number of nitrogens with one attached hydrogen (secondary N) is 2. The van der Waals surface area contributed by atoms with Crippen LogP contribution in [-0.2, 0) is 0 Å². The Balaban J connectivity index is 2.47. The van der Waals surface area contributed by atoms with Crippen LogP contribution in [0.15, 0.2) is 5.11 Å². The van der Waals surface area contributed by atoms with E-state index in [0.29, 0.717) is 12.8 Å². The number of amides is 1. The van der Waals surface area contributed by atoms with Gasteiger partial charge in [0.2, 0.25) is 4.91 Å². The van der Waals surface area contributed by atoms with Crippen LogP contribution in [0.4, 0.5) is 9.18 Å². The molecule has 1 aliphatic carbocycles. The Morgan fingerprint density at radius 1 is 1.64 bits per heavy atom. The third kappa shape index (κ3) is 2.77. The molecule has 78 valence electrons. The molecule has 14 heavy (non-hydrogen) atoms. The van der Waals surface area contributed by atoms with Crippen molar-refractivity contribution in [2.75, 3.05) is 0 Å². The topological polar surface area (TPSA) is 99.6 Å². The first kappa shape index (κ1) is 10.6. The minimum absolute atomic E-state index is 0.132. The number of halogens is 1. The Hall–Kier alpha value is -1.49. The van der Waals surface area contributed by atoms with Crippen molar-refractivity contribution in [3.63, 3.8) is 0 Å². The Morgan fingerprint density at radius 3 is 2.86 bits per heavy atom. The maximum atomic E-state index is 13.3. The SMILES string of the molecule is N=[N+]=N[C@H]1CC[C@H](NC(=O)O)[C@@H](F)C1. The summed E-state index contributed by atoms with van der Waals surface area (Å²) in [6.45, 7) is 0. The summed E-state index contributed by atoms with van der Waals surface area (Å²) in [5, 5.41) is 14.0. The Bertz CT molecular complexity index is 266. The molecule has 1 rings (SSSR count). The molecule has 3 N–H and O–H groups in total. The molecule has 0 spiro atoms. The fourth-order valence-corrected chi connectivity index (χ4v) is 1.60. The van der Waals surface area contributed by atoms with Gasteiger partial charge < -0.3 is 10.4 Å². The number of rotatable bonds is 2. The van der Waals surface area contributed by atoms with Crippen molar-refractivity contribution < 1.29 is 14.3 Å². The summed E-state index contributed by atoms with van der Waals surface area (Å²) >= 11 is 0. The highest BCUT2D eigenvalue weighted by Crippen LogP contribution is 2.23. The van der Waals surface area contributed by atoms with Crippen LogP contribution >= 0.6 is 0 Å². The lowest BCUT2D eigenvalue weighted by molar-refractivity contribution is 0.149.